The van der Waals surface area contributed by atoms with Crippen molar-refractivity contribution in [1.29, 1.82) is 0 Å². The van der Waals surface area contributed by atoms with Gasteiger partial charge < -0.3 is 20.5 Å². The van der Waals surface area contributed by atoms with Crippen LogP contribution in [0.15, 0.2) is 84.1 Å². The fourth-order valence-corrected chi connectivity index (χ4v) is 4.59. The van der Waals surface area contributed by atoms with E-state index in [0.29, 0.717) is 34.5 Å². The molecule has 3 N–H and O–H groups in total. The van der Waals surface area contributed by atoms with E-state index in [1.807, 2.05) is 31.2 Å². The molecule has 0 saturated carbocycles. The lowest BCUT2D eigenvalue weighted by molar-refractivity contribution is -0.113. The van der Waals surface area contributed by atoms with E-state index in [4.69, 9.17) is 14.8 Å². The Hall–Kier alpha value is -4.59. The van der Waals surface area contributed by atoms with E-state index in [0.717, 1.165) is 11.1 Å². The number of allylic oxidation sites excluding steroid dienone is 1. The minimum Gasteiger partial charge on any atom is -0.508 e. The molecule has 1 aliphatic heterocycles. The molecular weight excluding hydrogens is 478 g/mol. The summed E-state index contributed by atoms with van der Waals surface area (Å²) in [7, 11) is 1.56. The number of carbonyl (C=O) groups excluding carboxylic acids is 1. The highest BCUT2D eigenvalue weighted by Gasteiger charge is 2.35. The number of benzene rings is 3. The van der Waals surface area contributed by atoms with Crippen molar-refractivity contribution in [2.45, 2.75) is 39.2 Å². The van der Waals surface area contributed by atoms with Crippen LogP contribution < -0.4 is 15.4 Å². The van der Waals surface area contributed by atoms with Crippen molar-refractivity contribution in [3.8, 4) is 22.9 Å². The summed E-state index contributed by atoms with van der Waals surface area (Å²) in [5, 5.41) is 21.0. The fraction of sp³-hybridized carbons (Fsp3) is 0.233. The van der Waals surface area contributed by atoms with Gasteiger partial charge in [0, 0.05) is 11.3 Å². The number of anilines is 2. The number of methoxy groups -OCH3 is 1. The molecular formula is C30H31N5O3. The summed E-state index contributed by atoms with van der Waals surface area (Å²) in [5.41, 5.74) is 4.62. The van der Waals surface area contributed by atoms with Gasteiger partial charge in [-0.05, 0) is 47.7 Å². The van der Waals surface area contributed by atoms with E-state index in [-0.39, 0.29) is 17.1 Å². The zero-order valence-electron chi connectivity index (χ0n) is 22.1. The van der Waals surface area contributed by atoms with Crippen LogP contribution in [0.5, 0.6) is 11.5 Å². The second kappa shape index (κ2) is 9.70. The van der Waals surface area contributed by atoms with Crippen molar-refractivity contribution in [2.75, 3.05) is 17.7 Å². The molecule has 1 aromatic heterocycles. The van der Waals surface area contributed by atoms with Gasteiger partial charge in [-0.15, -0.1) is 5.10 Å². The minimum absolute atomic E-state index is 0.0373. The Morgan fingerprint density at radius 3 is 2.37 bits per heavy atom. The SMILES string of the molecule is COc1ccccc1NC(=O)C1=C(C)Nc2nc(-c3ccc(C(C)(C)C)cc3)nn2C1c1ccc(O)cc1. The number of aromatic hydroxyl groups is 1. The van der Waals surface area contributed by atoms with Crippen LogP contribution in [-0.4, -0.2) is 32.9 Å². The summed E-state index contributed by atoms with van der Waals surface area (Å²) in [6, 6.07) is 21.7. The normalized spacial score (nSPS) is 15.0. The van der Waals surface area contributed by atoms with Crippen LogP contribution in [-0.2, 0) is 10.2 Å². The predicted molar refractivity (Wildman–Crippen MR) is 148 cm³/mol. The number of fused-ring (bicyclic) bond motifs is 1. The average Bonchev–Trinajstić information content (AvgIpc) is 3.32. The largest absolute Gasteiger partial charge is 0.508 e. The number of para-hydroxylation sites is 2. The molecule has 4 aromatic rings. The molecule has 1 unspecified atom stereocenters. The van der Waals surface area contributed by atoms with Gasteiger partial charge in [0.25, 0.3) is 5.91 Å². The number of hydrogen-bond acceptors (Lipinski definition) is 6. The molecule has 194 valence electrons. The molecule has 1 amide bonds. The highest BCUT2D eigenvalue weighted by Crippen LogP contribution is 2.38. The van der Waals surface area contributed by atoms with E-state index in [2.05, 4.69) is 43.5 Å². The van der Waals surface area contributed by atoms with E-state index in [9.17, 15) is 9.90 Å². The average molecular weight is 510 g/mol. The lowest BCUT2D eigenvalue weighted by Crippen LogP contribution is -2.31. The van der Waals surface area contributed by atoms with E-state index in [1.165, 1.54) is 5.56 Å². The third-order valence-electron chi connectivity index (χ3n) is 6.67. The molecule has 38 heavy (non-hydrogen) atoms. The Balaban J connectivity index is 1.57. The second-order valence-electron chi connectivity index (χ2n) is 10.3. The Bertz CT molecular complexity index is 1510. The van der Waals surface area contributed by atoms with E-state index in [1.54, 1.807) is 48.2 Å². The first kappa shape index (κ1) is 25.1. The summed E-state index contributed by atoms with van der Waals surface area (Å²) in [4.78, 5) is 18.5. The van der Waals surface area contributed by atoms with Gasteiger partial charge >= 0.3 is 0 Å². The van der Waals surface area contributed by atoms with Crippen LogP contribution in [0, 0.1) is 0 Å². The van der Waals surface area contributed by atoms with Crippen molar-refractivity contribution in [3.05, 3.63) is 95.2 Å². The minimum atomic E-state index is -0.573. The standard InChI is InChI=1S/C30H31N5O3/c1-18-25(28(37)32-23-8-6-7-9-24(23)38-5)26(19-12-16-22(36)17-13-19)35-29(31-18)33-27(34-35)20-10-14-21(15-11-20)30(2,3)4/h6-17,26,36H,1-5H3,(H,32,37)(H,31,33,34). The van der Waals surface area contributed by atoms with Gasteiger partial charge in [0.2, 0.25) is 5.95 Å². The number of aromatic nitrogens is 3. The molecule has 0 radical (unpaired) electrons. The number of nitrogens with one attached hydrogen (secondary N) is 2. The molecule has 3 aromatic carbocycles. The van der Waals surface area contributed by atoms with Crippen LogP contribution in [0.2, 0.25) is 0 Å². The summed E-state index contributed by atoms with van der Waals surface area (Å²) in [6.07, 6.45) is 0. The fourth-order valence-electron chi connectivity index (χ4n) is 4.59. The number of hydrogen-bond donors (Lipinski definition) is 3. The van der Waals surface area contributed by atoms with Crippen molar-refractivity contribution >= 4 is 17.5 Å². The third-order valence-corrected chi connectivity index (χ3v) is 6.67. The van der Waals surface area contributed by atoms with Gasteiger partial charge in [-0.2, -0.15) is 4.98 Å². The number of phenolic OH excluding ortho intramolecular Hbond substituents is 1. The van der Waals surface area contributed by atoms with Crippen LogP contribution in [0.3, 0.4) is 0 Å². The van der Waals surface area contributed by atoms with Gasteiger partial charge in [-0.1, -0.05) is 69.3 Å². The third kappa shape index (κ3) is 4.72. The van der Waals surface area contributed by atoms with Gasteiger partial charge in [0.05, 0.1) is 18.4 Å². The summed E-state index contributed by atoms with van der Waals surface area (Å²) >= 11 is 0. The maximum absolute atomic E-state index is 13.7. The monoisotopic (exact) mass is 509 g/mol. The topological polar surface area (TPSA) is 101 Å². The quantitative estimate of drug-likeness (QED) is 0.310. The maximum atomic E-state index is 13.7. The maximum Gasteiger partial charge on any atom is 0.255 e. The zero-order valence-corrected chi connectivity index (χ0v) is 22.1. The molecule has 0 fully saturated rings. The van der Waals surface area contributed by atoms with Crippen LogP contribution in [0.4, 0.5) is 11.6 Å². The number of nitrogens with zero attached hydrogens (tertiary/aromatic N) is 3. The smallest absolute Gasteiger partial charge is 0.255 e. The first-order valence-electron chi connectivity index (χ1n) is 12.4. The molecule has 0 aliphatic carbocycles. The molecule has 8 heteroatoms. The first-order chi connectivity index (χ1) is 18.2. The Morgan fingerprint density at radius 1 is 1.03 bits per heavy atom. The van der Waals surface area contributed by atoms with E-state index < -0.39 is 6.04 Å². The van der Waals surface area contributed by atoms with Gasteiger partial charge in [0.15, 0.2) is 5.82 Å². The van der Waals surface area contributed by atoms with Crippen molar-refractivity contribution in [3.63, 3.8) is 0 Å². The zero-order chi connectivity index (χ0) is 27.0. The van der Waals surface area contributed by atoms with Crippen LogP contribution >= 0.6 is 0 Å². The Labute approximate surface area is 222 Å². The number of rotatable bonds is 5. The number of phenols is 1. The van der Waals surface area contributed by atoms with Crippen LogP contribution in [0.1, 0.15) is 44.9 Å². The molecule has 5 rings (SSSR count). The summed E-state index contributed by atoms with van der Waals surface area (Å²) in [5.74, 6) is 1.49. The number of ether oxygens (including phenoxy) is 1. The highest BCUT2D eigenvalue weighted by molar-refractivity contribution is 6.06. The molecule has 8 nitrogen and oxygen atoms in total. The summed E-state index contributed by atoms with van der Waals surface area (Å²) in [6.45, 7) is 8.37. The van der Waals surface area contributed by atoms with Gasteiger partial charge in [-0.3, -0.25) is 4.79 Å². The molecule has 0 bridgehead atoms. The molecule has 1 atom stereocenters. The summed E-state index contributed by atoms with van der Waals surface area (Å²) < 4.78 is 7.15. The lowest BCUT2D eigenvalue weighted by atomic mass is 9.87. The molecule has 2 heterocycles. The molecule has 0 spiro atoms. The molecule has 0 saturated heterocycles. The van der Waals surface area contributed by atoms with Gasteiger partial charge in [0.1, 0.15) is 17.5 Å². The van der Waals surface area contributed by atoms with E-state index >= 15 is 0 Å². The van der Waals surface area contributed by atoms with Crippen molar-refractivity contribution < 1.29 is 14.6 Å². The predicted octanol–water partition coefficient (Wildman–Crippen LogP) is 5.88. The first-order valence-corrected chi connectivity index (χ1v) is 12.4. The number of amides is 1. The highest BCUT2D eigenvalue weighted by atomic mass is 16.5. The molecule has 1 aliphatic rings. The van der Waals surface area contributed by atoms with Crippen molar-refractivity contribution in [2.24, 2.45) is 0 Å². The van der Waals surface area contributed by atoms with Crippen LogP contribution in [0.25, 0.3) is 11.4 Å². The van der Waals surface area contributed by atoms with Gasteiger partial charge in [-0.25, -0.2) is 4.68 Å². The lowest BCUT2D eigenvalue weighted by Gasteiger charge is -2.28. The number of carbonyl (C=O) groups is 1. The van der Waals surface area contributed by atoms with Crippen molar-refractivity contribution in [1.82, 2.24) is 14.8 Å². The Morgan fingerprint density at radius 2 is 1.71 bits per heavy atom. The second-order valence-corrected chi connectivity index (χ2v) is 10.3. The Kier molecular flexibility index (Phi) is 6.40.